The highest BCUT2D eigenvalue weighted by atomic mass is 16.3. The first-order chi connectivity index (χ1) is 11.6. The number of rotatable bonds is 6. The molecule has 24 heavy (non-hydrogen) atoms. The summed E-state index contributed by atoms with van der Waals surface area (Å²) in [5.74, 6) is 0. The smallest absolute Gasteiger partial charge is 0.276 e. The normalized spacial score (nSPS) is 12.6. The van der Waals surface area contributed by atoms with Crippen LogP contribution in [0.25, 0.3) is 10.9 Å². The van der Waals surface area contributed by atoms with Gasteiger partial charge < -0.3 is 5.11 Å². The summed E-state index contributed by atoms with van der Waals surface area (Å²) in [5, 5.41) is 14.9. The highest BCUT2D eigenvalue weighted by Gasteiger charge is 2.12. The van der Waals surface area contributed by atoms with E-state index >= 15 is 0 Å². The fourth-order valence-corrected chi connectivity index (χ4v) is 2.72. The Kier molecular flexibility index (Phi) is 4.98. The van der Waals surface area contributed by atoms with Gasteiger partial charge in [-0.05, 0) is 24.7 Å². The van der Waals surface area contributed by atoms with Crippen molar-refractivity contribution in [3.63, 3.8) is 0 Å². The highest BCUT2D eigenvalue weighted by Crippen LogP contribution is 2.05. The average Bonchev–Trinajstić information content (AvgIpc) is 2.58. The van der Waals surface area contributed by atoms with Gasteiger partial charge in [0.25, 0.3) is 5.56 Å². The third-order valence-electron chi connectivity index (χ3n) is 3.82. The third-order valence-corrected chi connectivity index (χ3v) is 3.82. The van der Waals surface area contributed by atoms with Gasteiger partial charge in [-0.15, -0.1) is 0 Å². The standard InChI is InChI=1S/C18H20N4O2/c1-21(11-14-6-3-2-4-7-14)12-15(23)13-22-18(24)16-8-5-9-19-17(16)10-20-22/h2-10,15,23H,11-13H2,1H3/t15-/m1/s1. The summed E-state index contributed by atoms with van der Waals surface area (Å²) >= 11 is 0. The summed E-state index contributed by atoms with van der Waals surface area (Å²) < 4.78 is 1.30. The highest BCUT2D eigenvalue weighted by molar-refractivity contribution is 5.75. The predicted molar refractivity (Wildman–Crippen MR) is 92.6 cm³/mol. The van der Waals surface area contributed by atoms with Crippen molar-refractivity contribution in [3.05, 3.63) is 70.8 Å². The minimum absolute atomic E-state index is 0.156. The Labute approximate surface area is 140 Å². The molecule has 2 aromatic heterocycles. The zero-order valence-electron chi connectivity index (χ0n) is 13.5. The molecule has 0 aliphatic heterocycles. The van der Waals surface area contributed by atoms with Crippen molar-refractivity contribution >= 4 is 10.9 Å². The quantitative estimate of drug-likeness (QED) is 0.740. The molecule has 0 saturated carbocycles. The van der Waals surface area contributed by atoms with Crippen LogP contribution in [0, 0.1) is 0 Å². The summed E-state index contributed by atoms with van der Waals surface area (Å²) in [7, 11) is 1.94. The van der Waals surface area contributed by atoms with Crippen LogP contribution >= 0.6 is 0 Å². The van der Waals surface area contributed by atoms with E-state index in [-0.39, 0.29) is 12.1 Å². The van der Waals surface area contributed by atoms with Gasteiger partial charge >= 0.3 is 0 Å². The van der Waals surface area contributed by atoms with Gasteiger partial charge in [0.2, 0.25) is 0 Å². The van der Waals surface area contributed by atoms with Crippen LogP contribution in [0.5, 0.6) is 0 Å². The zero-order chi connectivity index (χ0) is 16.9. The Hall–Kier alpha value is -2.57. The van der Waals surface area contributed by atoms with E-state index in [0.717, 1.165) is 6.54 Å². The number of hydrogen-bond donors (Lipinski definition) is 1. The van der Waals surface area contributed by atoms with Crippen molar-refractivity contribution in [2.75, 3.05) is 13.6 Å². The number of nitrogens with zero attached hydrogens (tertiary/aromatic N) is 4. The molecule has 0 amide bonds. The van der Waals surface area contributed by atoms with Crippen LogP contribution in [-0.4, -0.2) is 44.5 Å². The molecule has 0 aliphatic carbocycles. The van der Waals surface area contributed by atoms with E-state index in [1.807, 2.05) is 42.3 Å². The van der Waals surface area contributed by atoms with Crippen molar-refractivity contribution in [2.24, 2.45) is 0 Å². The lowest BCUT2D eigenvalue weighted by atomic mass is 10.2. The molecule has 0 radical (unpaired) electrons. The number of aromatic nitrogens is 3. The first kappa shape index (κ1) is 16.3. The van der Waals surface area contributed by atoms with E-state index in [0.29, 0.717) is 17.4 Å². The largest absolute Gasteiger partial charge is 0.390 e. The first-order valence-corrected chi connectivity index (χ1v) is 7.85. The van der Waals surface area contributed by atoms with Crippen LogP contribution < -0.4 is 5.56 Å². The minimum atomic E-state index is -0.682. The summed E-state index contributed by atoms with van der Waals surface area (Å²) in [6, 6.07) is 13.5. The third kappa shape index (κ3) is 3.84. The first-order valence-electron chi connectivity index (χ1n) is 7.85. The van der Waals surface area contributed by atoms with Crippen molar-refractivity contribution in [1.29, 1.82) is 0 Å². The lowest BCUT2D eigenvalue weighted by Crippen LogP contribution is -2.35. The molecule has 1 N–H and O–H groups in total. The number of fused-ring (bicyclic) bond motifs is 1. The van der Waals surface area contributed by atoms with E-state index in [1.165, 1.54) is 10.2 Å². The van der Waals surface area contributed by atoms with Crippen LogP contribution in [0.2, 0.25) is 0 Å². The predicted octanol–water partition coefficient (Wildman–Crippen LogP) is 1.28. The van der Waals surface area contributed by atoms with E-state index in [9.17, 15) is 9.90 Å². The van der Waals surface area contributed by atoms with Crippen molar-refractivity contribution < 1.29 is 5.11 Å². The maximum Gasteiger partial charge on any atom is 0.276 e. The second kappa shape index (κ2) is 7.33. The molecule has 0 unspecified atom stereocenters. The van der Waals surface area contributed by atoms with E-state index in [2.05, 4.69) is 10.1 Å². The summed E-state index contributed by atoms with van der Waals surface area (Å²) in [6.45, 7) is 1.35. The molecule has 0 spiro atoms. The van der Waals surface area contributed by atoms with Crippen LogP contribution in [0.15, 0.2) is 59.7 Å². The fraction of sp³-hybridized carbons (Fsp3) is 0.278. The average molecular weight is 324 g/mol. The molecule has 124 valence electrons. The summed E-state index contributed by atoms with van der Waals surface area (Å²) in [6.07, 6.45) is 2.50. The number of hydrogen-bond acceptors (Lipinski definition) is 5. The molecule has 0 fully saturated rings. The maximum absolute atomic E-state index is 12.4. The second-order valence-corrected chi connectivity index (χ2v) is 5.90. The monoisotopic (exact) mass is 324 g/mol. The Morgan fingerprint density at radius 2 is 2.00 bits per heavy atom. The molecule has 0 aliphatic rings. The van der Waals surface area contributed by atoms with Crippen LogP contribution in [-0.2, 0) is 13.1 Å². The molecule has 3 aromatic rings. The molecule has 1 aromatic carbocycles. The zero-order valence-corrected chi connectivity index (χ0v) is 13.5. The molecular weight excluding hydrogens is 304 g/mol. The Morgan fingerprint density at radius 3 is 2.79 bits per heavy atom. The van der Waals surface area contributed by atoms with Gasteiger partial charge in [0.1, 0.15) is 0 Å². The summed E-state index contributed by atoms with van der Waals surface area (Å²) in [4.78, 5) is 18.5. The van der Waals surface area contributed by atoms with Gasteiger partial charge in [0.05, 0.1) is 29.7 Å². The number of benzene rings is 1. The van der Waals surface area contributed by atoms with Crippen molar-refractivity contribution in [3.8, 4) is 0 Å². The molecule has 6 nitrogen and oxygen atoms in total. The molecule has 2 heterocycles. The summed E-state index contributed by atoms with van der Waals surface area (Å²) in [5.41, 5.74) is 1.51. The van der Waals surface area contributed by atoms with Crippen LogP contribution in [0.4, 0.5) is 0 Å². The maximum atomic E-state index is 12.4. The van der Waals surface area contributed by atoms with Crippen molar-refractivity contribution in [1.82, 2.24) is 19.7 Å². The van der Waals surface area contributed by atoms with Gasteiger partial charge in [0.15, 0.2) is 0 Å². The van der Waals surface area contributed by atoms with E-state index < -0.39 is 6.10 Å². The fourth-order valence-electron chi connectivity index (χ4n) is 2.72. The molecular formula is C18H20N4O2. The number of aliphatic hydroxyl groups is 1. The van der Waals surface area contributed by atoms with E-state index in [4.69, 9.17) is 0 Å². The Bertz CT molecular complexity index is 864. The molecule has 3 rings (SSSR count). The van der Waals surface area contributed by atoms with Gasteiger partial charge in [-0.1, -0.05) is 30.3 Å². The SMILES string of the molecule is CN(Cc1ccccc1)C[C@@H](O)Cn1ncc2ncccc2c1=O. The Morgan fingerprint density at radius 1 is 1.21 bits per heavy atom. The van der Waals surface area contributed by atoms with Gasteiger partial charge in [-0.2, -0.15) is 5.10 Å². The number of likely N-dealkylation sites (N-methyl/N-ethyl adjacent to an activating group) is 1. The van der Waals surface area contributed by atoms with Crippen LogP contribution in [0.3, 0.4) is 0 Å². The molecule has 0 bridgehead atoms. The minimum Gasteiger partial charge on any atom is -0.390 e. The lowest BCUT2D eigenvalue weighted by molar-refractivity contribution is 0.102. The van der Waals surface area contributed by atoms with Crippen molar-refractivity contribution in [2.45, 2.75) is 19.2 Å². The van der Waals surface area contributed by atoms with Gasteiger partial charge in [-0.25, -0.2) is 4.68 Å². The van der Waals surface area contributed by atoms with Crippen LogP contribution in [0.1, 0.15) is 5.56 Å². The molecule has 6 heteroatoms. The molecule has 0 saturated heterocycles. The molecule has 1 atom stereocenters. The van der Waals surface area contributed by atoms with E-state index in [1.54, 1.807) is 24.5 Å². The topological polar surface area (TPSA) is 71.2 Å². The number of pyridine rings is 1. The Balaban J connectivity index is 1.65. The lowest BCUT2D eigenvalue weighted by Gasteiger charge is -2.20. The second-order valence-electron chi connectivity index (χ2n) is 5.90. The van der Waals surface area contributed by atoms with Gasteiger partial charge in [-0.3, -0.25) is 14.7 Å². The van der Waals surface area contributed by atoms with Gasteiger partial charge in [0, 0.05) is 19.3 Å². The number of aliphatic hydroxyl groups excluding tert-OH is 1.